The highest BCUT2D eigenvalue weighted by Crippen LogP contribution is 2.10. The summed E-state index contributed by atoms with van der Waals surface area (Å²) in [4.78, 5) is 17.0. The van der Waals surface area contributed by atoms with Crippen LogP contribution in [0.15, 0.2) is 36.4 Å². The van der Waals surface area contributed by atoms with Gasteiger partial charge in [0.2, 0.25) is 0 Å². The summed E-state index contributed by atoms with van der Waals surface area (Å²) in [5.41, 5.74) is 2.94. The molecule has 0 aromatic heterocycles. The molecule has 5 heteroatoms. The highest BCUT2D eigenvalue weighted by Gasteiger charge is 2.10. The van der Waals surface area contributed by atoms with Gasteiger partial charge in [-0.15, -0.1) is 0 Å². The molecule has 1 heterocycles. The van der Waals surface area contributed by atoms with Crippen LogP contribution in [-0.2, 0) is 31.9 Å². The van der Waals surface area contributed by atoms with E-state index in [0.717, 1.165) is 32.5 Å². The summed E-state index contributed by atoms with van der Waals surface area (Å²) in [5.74, 6) is -0.367. The first kappa shape index (κ1) is 20.6. The van der Waals surface area contributed by atoms with Gasteiger partial charge in [-0.05, 0) is 43.7 Å². The van der Waals surface area contributed by atoms with E-state index in [2.05, 4.69) is 35.9 Å². The molecule has 1 fully saturated rings. The molecule has 0 atom stereocenters. The second kappa shape index (κ2) is 11.8. The predicted molar refractivity (Wildman–Crippen MR) is 102 cm³/mol. The van der Waals surface area contributed by atoms with Crippen LogP contribution in [0, 0.1) is 0 Å². The van der Waals surface area contributed by atoms with Gasteiger partial charge >= 0.3 is 5.97 Å². The first-order valence-corrected chi connectivity index (χ1v) is 9.51. The van der Waals surface area contributed by atoms with Crippen LogP contribution in [0.25, 0.3) is 0 Å². The van der Waals surface area contributed by atoms with Crippen LogP contribution in [-0.4, -0.2) is 50.5 Å². The minimum absolute atomic E-state index is 0.266. The van der Waals surface area contributed by atoms with E-state index in [0.29, 0.717) is 18.8 Å². The fraction of sp³-hybridized carbons (Fsp3) is 0.571. The van der Waals surface area contributed by atoms with Crippen LogP contribution >= 0.6 is 0 Å². The lowest BCUT2D eigenvalue weighted by Crippen LogP contribution is -2.30. The number of hydrogen-bond donors (Lipinski definition) is 0. The maximum atomic E-state index is 11.2. The fourth-order valence-corrected chi connectivity index (χ4v) is 2.77. The number of ether oxygens (including phenoxy) is 2. The summed E-state index contributed by atoms with van der Waals surface area (Å²) in [6.07, 6.45) is 5.59. The van der Waals surface area contributed by atoms with Gasteiger partial charge < -0.3 is 9.47 Å². The van der Waals surface area contributed by atoms with Crippen LogP contribution in [0.2, 0.25) is 0 Å². The second-order valence-electron chi connectivity index (χ2n) is 6.67. The van der Waals surface area contributed by atoms with Gasteiger partial charge in [-0.3, -0.25) is 4.84 Å². The summed E-state index contributed by atoms with van der Waals surface area (Å²) in [6.45, 7) is 9.31. The van der Waals surface area contributed by atoms with Crippen molar-refractivity contribution >= 4 is 5.97 Å². The average molecular weight is 361 g/mol. The molecule has 0 amide bonds. The molecule has 2 rings (SSSR count). The van der Waals surface area contributed by atoms with Crippen molar-refractivity contribution in [1.29, 1.82) is 0 Å². The van der Waals surface area contributed by atoms with E-state index < -0.39 is 0 Å². The largest absolute Gasteiger partial charge is 0.460 e. The number of nitrogens with zero attached hydrogens (tertiary/aromatic N) is 1. The smallest absolute Gasteiger partial charge is 0.333 e. The molecule has 0 aliphatic carbocycles. The highest BCUT2D eigenvalue weighted by atomic mass is 16.7. The Morgan fingerprint density at radius 1 is 0.962 bits per heavy atom. The highest BCUT2D eigenvalue weighted by molar-refractivity contribution is 5.86. The number of piperidine rings is 1. The lowest BCUT2D eigenvalue weighted by Gasteiger charge is -2.25. The molecule has 0 bridgehead atoms. The number of carbonyl (C=O) groups excluding carboxylic acids is 1. The quantitative estimate of drug-likeness (QED) is 0.344. The molecule has 0 spiro atoms. The molecular weight excluding hydrogens is 330 g/mol. The first-order valence-electron chi connectivity index (χ1n) is 9.51. The van der Waals surface area contributed by atoms with Crippen molar-refractivity contribution in [3.05, 3.63) is 47.5 Å². The van der Waals surface area contributed by atoms with Crippen LogP contribution in [0.1, 0.15) is 37.3 Å². The van der Waals surface area contributed by atoms with Crippen molar-refractivity contribution in [3.8, 4) is 0 Å². The Bertz CT molecular complexity index is 550. The third kappa shape index (κ3) is 8.13. The molecule has 1 aromatic rings. The Balaban J connectivity index is 1.54. The fourth-order valence-electron chi connectivity index (χ4n) is 2.77. The maximum Gasteiger partial charge on any atom is 0.333 e. The number of carbonyl (C=O) groups is 1. The van der Waals surface area contributed by atoms with Gasteiger partial charge in [0.1, 0.15) is 6.61 Å². The van der Waals surface area contributed by atoms with Gasteiger partial charge in [-0.1, -0.05) is 37.3 Å². The molecule has 1 aliphatic rings. The lowest BCUT2D eigenvalue weighted by atomic mass is 10.1. The summed E-state index contributed by atoms with van der Waals surface area (Å²) >= 11 is 0. The van der Waals surface area contributed by atoms with E-state index in [1.807, 2.05) is 0 Å². The Morgan fingerprint density at radius 3 is 2.19 bits per heavy atom. The minimum Gasteiger partial charge on any atom is -0.460 e. The molecule has 0 saturated carbocycles. The molecule has 1 aliphatic heterocycles. The summed E-state index contributed by atoms with van der Waals surface area (Å²) in [5, 5.41) is 2.10. The van der Waals surface area contributed by atoms with Gasteiger partial charge in [0.15, 0.2) is 0 Å². The van der Waals surface area contributed by atoms with Gasteiger partial charge in [0, 0.05) is 18.7 Å². The SMILES string of the molecule is C=C(C)C(=O)OCCOCCc1ccc(CCON2CCCCC2)cc1. The standard InChI is InChI=1S/C21H31NO4/c1-18(2)21(23)25-17-16-24-14-10-19-6-8-20(9-7-19)11-15-26-22-12-4-3-5-13-22/h6-9H,1,3-5,10-17H2,2H3. The van der Waals surface area contributed by atoms with Gasteiger partial charge in [0.25, 0.3) is 0 Å². The minimum atomic E-state index is -0.367. The zero-order chi connectivity index (χ0) is 18.6. The van der Waals surface area contributed by atoms with Gasteiger partial charge in [-0.2, -0.15) is 5.06 Å². The molecule has 1 aromatic carbocycles. The first-order chi connectivity index (χ1) is 12.6. The number of hydrogen-bond acceptors (Lipinski definition) is 5. The number of hydroxylamine groups is 2. The predicted octanol–water partition coefficient (Wildman–Crippen LogP) is 3.33. The van der Waals surface area contributed by atoms with E-state index in [1.165, 1.54) is 30.4 Å². The molecular formula is C21H31NO4. The Labute approximate surface area is 156 Å². The van der Waals surface area contributed by atoms with Crippen molar-refractivity contribution in [3.63, 3.8) is 0 Å². The van der Waals surface area contributed by atoms with Crippen molar-refractivity contribution in [1.82, 2.24) is 5.06 Å². The van der Waals surface area contributed by atoms with E-state index in [1.54, 1.807) is 6.92 Å². The summed E-state index contributed by atoms with van der Waals surface area (Å²) < 4.78 is 10.5. The molecule has 0 radical (unpaired) electrons. The van der Waals surface area contributed by atoms with E-state index in [-0.39, 0.29) is 12.6 Å². The molecule has 5 nitrogen and oxygen atoms in total. The number of benzene rings is 1. The summed E-state index contributed by atoms with van der Waals surface area (Å²) in [7, 11) is 0. The van der Waals surface area contributed by atoms with Crippen molar-refractivity contribution in [2.45, 2.75) is 39.0 Å². The zero-order valence-corrected chi connectivity index (χ0v) is 15.9. The van der Waals surface area contributed by atoms with Crippen molar-refractivity contribution in [2.24, 2.45) is 0 Å². The second-order valence-corrected chi connectivity index (χ2v) is 6.67. The molecule has 1 saturated heterocycles. The molecule has 0 unspecified atom stereocenters. The normalized spacial score (nSPS) is 15.0. The Kier molecular flexibility index (Phi) is 9.39. The Hall–Kier alpha value is -1.69. The Morgan fingerprint density at radius 2 is 1.58 bits per heavy atom. The topological polar surface area (TPSA) is 48.0 Å². The van der Waals surface area contributed by atoms with E-state index in [9.17, 15) is 4.79 Å². The van der Waals surface area contributed by atoms with E-state index in [4.69, 9.17) is 14.3 Å². The molecule has 26 heavy (non-hydrogen) atoms. The third-order valence-corrected chi connectivity index (χ3v) is 4.35. The number of esters is 1. The zero-order valence-electron chi connectivity index (χ0n) is 15.9. The van der Waals surface area contributed by atoms with Crippen LogP contribution < -0.4 is 0 Å². The summed E-state index contributed by atoms with van der Waals surface area (Å²) in [6, 6.07) is 8.59. The third-order valence-electron chi connectivity index (χ3n) is 4.35. The van der Waals surface area contributed by atoms with Crippen LogP contribution in [0.3, 0.4) is 0 Å². The number of rotatable bonds is 11. The van der Waals surface area contributed by atoms with Crippen LogP contribution in [0.5, 0.6) is 0 Å². The van der Waals surface area contributed by atoms with Gasteiger partial charge in [0.05, 0.1) is 19.8 Å². The van der Waals surface area contributed by atoms with Gasteiger partial charge in [-0.25, -0.2) is 4.79 Å². The maximum absolute atomic E-state index is 11.2. The van der Waals surface area contributed by atoms with Crippen molar-refractivity contribution < 1.29 is 19.1 Å². The lowest BCUT2D eigenvalue weighted by molar-refractivity contribution is -0.167. The monoisotopic (exact) mass is 361 g/mol. The van der Waals surface area contributed by atoms with E-state index >= 15 is 0 Å². The average Bonchev–Trinajstić information content (AvgIpc) is 2.66. The molecule has 144 valence electrons. The van der Waals surface area contributed by atoms with Crippen molar-refractivity contribution in [2.75, 3.05) is 39.5 Å². The molecule has 0 N–H and O–H groups in total. The van der Waals surface area contributed by atoms with Crippen LogP contribution in [0.4, 0.5) is 0 Å².